The molecule has 0 saturated carbocycles. The Morgan fingerprint density at radius 1 is 1.11 bits per heavy atom. The van der Waals surface area contributed by atoms with Crippen LogP contribution >= 0.6 is 0 Å². The molecule has 0 aliphatic carbocycles. The number of carbonyl (C=O) groups is 2. The second-order valence-corrected chi connectivity index (χ2v) is 5.04. The lowest BCUT2D eigenvalue weighted by Gasteiger charge is -2.23. The second-order valence-electron chi connectivity index (χ2n) is 5.04. The topological polar surface area (TPSA) is 75.6 Å². The van der Waals surface area contributed by atoms with Crippen molar-refractivity contribution in [3.63, 3.8) is 0 Å². The summed E-state index contributed by atoms with van der Waals surface area (Å²) in [5, 5.41) is 12.0. The molecule has 2 bridgehead atoms. The maximum Gasteiger partial charge on any atom is 0.310 e. The summed E-state index contributed by atoms with van der Waals surface area (Å²) in [5.41, 5.74) is 0.680. The summed E-state index contributed by atoms with van der Waals surface area (Å²) in [4.78, 5) is 23.6. The van der Waals surface area contributed by atoms with Crippen molar-refractivity contribution in [1.82, 2.24) is 0 Å². The van der Waals surface area contributed by atoms with E-state index in [9.17, 15) is 14.7 Å². The molecule has 4 atom stereocenters. The maximum atomic E-state index is 12.3. The summed E-state index contributed by atoms with van der Waals surface area (Å²) >= 11 is 0. The predicted molar refractivity (Wildman–Crippen MR) is 67.6 cm³/mol. The number of hydrogen-bond donors (Lipinski definition) is 2. The molecule has 0 aromatic heterocycles. The lowest BCUT2D eigenvalue weighted by molar-refractivity contribution is -0.147. The zero-order valence-electron chi connectivity index (χ0n) is 10.3. The first-order chi connectivity index (χ1) is 9.16. The number of carbonyl (C=O) groups excluding carboxylic acids is 1. The average Bonchev–Trinajstić information content (AvgIpc) is 2.99. The quantitative estimate of drug-likeness (QED) is 0.864. The molecule has 2 aliphatic heterocycles. The average molecular weight is 261 g/mol. The zero-order chi connectivity index (χ0) is 13.4. The molecule has 5 heteroatoms. The van der Waals surface area contributed by atoms with Gasteiger partial charge in [0.25, 0.3) is 0 Å². The van der Waals surface area contributed by atoms with Crippen molar-refractivity contribution in [1.29, 1.82) is 0 Å². The summed E-state index contributed by atoms with van der Waals surface area (Å²) < 4.78 is 5.58. The van der Waals surface area contributed by atoms with Crippen molar-refractivity contribution in [3.05, 3.63) is 30.3 Å². The fourth-order valence-electron chi connectivity index (χ4n) is 3.07. The van der Waals surface area contributed by atoms with Crippen LogP contribution in [0.3, 0.4) is 0 Å². The van der Waals surface area contributed by atoms with Crippen LogP contribution in [0.15, 0.2) is 30.3 Å². The van der Waals surface area contributed by atoms with E-state index in [1.165, 1.54) is 0 Å². The van der Waals surface area contributed by atoms with Crippen LogP contribution in [0.2, 0.25) is 0 Å². The Morgan fingerprint density at radius 2 is 1.74 bits per heavy atom. The number of aliphatic carboxylic acids is 1. The Kier molecular flexibility index (Phi) is 2.98. The Balaban J connectivity index is 1.77. The molecular formula is C14H15NO4. The minimum atomic E-state index is -0.944. The third kappa shape index (κ3) is 2.10. The highest BCUT2D eigenvalue weighted by molar-refractivity contribution is 5.96. The van der Waals surface area contributed by atoms with Crippen molar-refractivity contribution >= 4 is 17.6 Å². The number of amides is 1. The van der Waals surface area contributed by atoms with Crippen molar-refractivity contribution in [2.75, 3.05) is 5.32 Å². The second kappa shape index (κ2) is 4.66. The van der Waals surface area contributed by atoms with Crippen LogP contribution in [0.25, 0.3) is 0 Å². The van der Waals surface area contributed by atoms with E-state index in [1.807, 2.05) is 18.2 Å². The lowest BCUT2D eigenvalue weighted by Crippen LogP contribution is -2.40. The minimum Gasteiger partial charge on any atom is -0.481 e. The van der Waals surface area contributed by atoms with Gasteiger partial charge in [0.15, 0.2) is 0 Å². The first-order valence-electron chi connectivity index (χ1n) is 6.41. The largest absolute Gasteiger partial charge is 0.481 e. The van der Waals surface area contributed by atoms with Gasteiger partial charge in [-0.15, -0.1) is 0 Å². The van der Waals surface area contributed by atoms with Crippen molar-refractivity contribution in [3.8, 4) is 0 Å². The van der Waals surface area contributed by atoms with E-state index in [4.69, 9.17) is 4.74 Å². The van der Waals surface area contributed by atoms with Crippen molar-refractivity contribution in [2.24, 2.45) is 11.8 Å². The molecule has 2 saturated heterocycles. The van der Waals surface area contributed by atoms with Gasteiger partial charge in [-0.1, -0.05) is 18.2 Å². The van der Waals surface area contributed by atoms with Gasteiger partial charge >= 0.3 is 5.97 Å². The first kappa shape index (κ1) is 12.2. The predicted octanol–water partition coefficient (Wildman–Crippen LogP) is 1.50. The highest BCUT2D eigenvalue weighted by Gasteiger charge is 2.55. The molecule has 5 nitrogen and oxygen atoms in total. The molecule has 0 spiro atoms. The third-order valence-corrected chi connectivity index (χ3v) is 3.90. The summed E-state index contributed by atoms with van der Waals surface area (Å²) in [7, 11) is 0. The fraction of sp³-hybridized carbons (Fsp3) is 0.429. The SMILES string of the molecule is O=C(O)[C@H]1[C@H](C(=O)Nc2ccccc2)[C@H]2CC[C@H]1O2. The van der Waals surface area contributed by atoms with Gasteiger partial charge < -0.3 is 15.2 Å². The molecule has 2 N–H and O–H groups in total. The molecule has 0 radical (unpaired) electrons. The third-order valence-electron chi connectivity index (χ3n) is 3.90. The van der Waals surface area contributed by atoms with Gasteiger partial charge in [0.1, 0.15) is 0 Å². The van der Waals surface area contributed by atoms with Crippen LogP contribution in [0.1, 0.15) is 12.8 Å². The number of ether oxygens (including phenoxy) is 1. The van der Waals surface area contributed by atoms with Crippen molar-refractivity contribution < 1.29 is 19.4 Å². The highest BCUT2D eigenvalue weighted by Crippen LogP contribution is 2.44. The normalized spacial score (nSPS) is 32.2. The van der Waals surface area contributed by atoms with E-state index < -0.39 is 17.8 Å². The summed E-state index contributed by atoms with van der Waals surface area (Å²) in [6, 6.07) is 9.06. The number of carboxylic acids is 1. The Bertz CT molecular complexity index is 501. The molecule has 1 aromatic rings. The first-order valence-corrected chi connectivity index (χ1v) is 6.41. The Morgan fingerprint density at radius 3 is 2.37 bits per heavy atom. The van der Waals surface area contributed by atoms with Gasteiger partial charge in [0.05, 0.1) is 24.0 Å². The van der Waals surface area contributed by atoms with Crippen LogP contribution in [0.5, 0.6) is 0 Å². The smallest absolute Gasteiger partial charge is 0.310 e. The molecule has 2 aliphatic rings. The van der Waals surface area contributed by atoms with Gasteiger partial charge in [-0.25, -0.2) is 0 Å². The number of nitrogens with one attached hydrogen (secondary N) is 1. The number of carboxylic acid groups (broad SMARTS) is 1. The monoisotopic (exact) mass is 261 g/mol. The molecular weight excluding hydrogens is 246 g/mol. The van der Waals surface area contributed by atoms with Gasteiger partial charge in [-0.2, -0.15) is 0 Å². The van der Waals surface area contributed by atoms with E-state index in [0.717, 1.165) is 12.8 Å². The molecule has 19 heavy (non-hydrogen) atoms. The van der Waals surface area contributed by atoms with E-state index in [0.29, 0.717) is 5.69 Å². The van der Waals surface area contributed by atoms with Gasteiger partial charge in [0, 0.05) is 5.69 Å². The molecule has 100 valence electrons. The standard InChI is InChI=1S/C14H15NO4/c16-13(15-8-4-2-1-3-5-8)11-9-6-7-10(19-9)12(11)14(17)18/h1-5,9-12H,6-7H2,(H,15,16)(H,17,18)/t9-,10-,11-,12-/m1/s1. The molecule has 2 fully saturated rings. The van der Waals surface area contributed by atoms with Crippen LogP contribution in [0, 0.1) is 11.8 Å². The Hall–Kier alpha value is -1.88. The van der Waals surface area contributed by atoms with Crippen LogP contribution in [0.4, 0.5) is 5.69 Å². The number of rotatable bonds is 3. The van der Waals surface area contributed by atoms with E-state index in [2.05, 4.69) is 5.32 Å². The van der Waals surface area contributed by atoms with E-state index >= 15 is 0 Å². The van der Waals surface area contributed by atoms with Gasteiger partial charge in [-0.3, -0.25) is 9.59 Å². The minimum absolute atomic E-state index is 0.255. The van der Waals surface area contributed by atoms with Crippen LogP contribution in [-0.2, 0) is 14.3 Å². The van der Waals surface area contributed by atoms with Crippen LogP contribution in [-0.4, -0.2) is 29.2 Å². The number of para-hydroxylation sites is 1. The van der Waals surface area contributed by atoms with Crippen molar-refractivity contribution in [2.45, 2.75) is 25.0 Å². The number of benzene rings is 1. The van der Waals surface area contributed by atoms with E-state index in [-0.39, 0.29) is 18.1 Å². The molecule has 3 rings (SSSR count). The zero-order valence-corrected chi connectivity index (χ0v) is 10.3. The number of anilines is 1. The maximum absolute atomic E-state index is 12.3. The summed E-state index contributed by atoms with van der Waals surface area (Å²) in [6.45, 7) is 0. The Labute approximate surface area is 110 Å². The molecule has 0 unspecified atom stereocenters. The number of hydrogen-bond acceptors (Lipinski definition) is 3. The molecule has 1 amide bonds. The van der Waals surface area contributed by atoms with E-state index in [1.54, 1.807) is 12.1 Å². The lowest BCUT2D eigenvalue weighted by atomic mass is 9.78. The summed E-state index contributed by atoms with van der Waals surface area (Å²) in [5.74, 6) is -2.51. The molecule has 2 heterocycles. The van der Waals surface area contributed by atoms with Crippen LogP contribution < -0.4 is 5.32 Å². The molecule has 1 aromatic carbocycles. The summed E-state index contributed by atoms with van der Waals surface area (Å²) in [6.07, 6.45) is 0.932. The highest BCUT2D eigenvalue weighted by atomic mass is 16.5. The number of fused-ring (bicyclic) bond motifs is 2. The van der Waals surface area contributed by atoms with Gasteiger partial charge in [-0.05, 0) is 25.0 Å². The fourth-order valence-corrected chi connectivity index (χ4v) is 3.07. The van der Waals surface area contributed by atoms with Gasteiger partial charge in [0.2, 0.25) is 5.91 Å².